The van der Waals surface area contributed by atoms with Crippen LogP contribution in [0.25, 0.3) is 16.9 Å². The molecule has 4 rings (SSSR count). The van der Waals surface area contributed by atoms with Crippen molar-refractivity contribution in [3.05, 3.63) is 65.9 Å². The van der Waals surface area contributed by atoms with Gasteiger partial charge in [0, 0.05) is 38.3 Å². The highest BCUT2D eigenvalue weighted by atomic mass is 16.5. The van der Waals surface area contributed by atoms with Crippen LogP contribution < -0.4 is 4.74 Å². The van der Waals surface area contributed by atoms with Gasteiger partial charge < -0.3 is 24.0 Å². The number of nitrogens with zero attached hydrogens (tertiary/aromatic N) is 4. The molecule has 0 saturated carbocycles. The fourth-order valence-electron chi connectivity index (χ4n) is 4.27. The summed E-state index contributed by atoms with van der Waals surface area (Å²) in [6, 6.07) is 16.5. The van der Waals surface area contributed by atoms with Gasteiger partial charge in [0.15, 0.2) is 5.69 Å². The number of aromatic nitrogens is 2. The lowest BCUT2D eigenvalue weighted by atomic mass is 10.0. The van der Waals surface area contributed by atoms with E-state index in [1.54, 1.807) is 12.1 Å². The molecule has 0 atom stereocenters. The Morgan fingerprint density at radius 3 is 2.25 bits per heavy atom. The van der Waals surface area contributed by atoms with E-state index in [-0.39, 0.29) is 11.3 Å². The standard InChI is InChI=1S/C27H32N4O5/c1-29-15-17-30(18-16-29)14-9-19-36-22-13-8-7-12-21(22)24-23(26(32)34-2)25(27(33)35-3)31(28-24)20-10-5-4-6-11-20/h4-8,10-13H,9,14-19H2,1-3H3. The summed E-state index contributed by atoms with van der Waals surface area (Å²) in [5, 5.41) is 4.68. The zero-order valence-electron chi connectivity index (χ0n) is 21.0. The van der Waals surface area contributed by atoms with Crippen LogP contribution in [-0.2, 0) is 9.47 Å². The Morgan fingerprint density at radius 1 is 0.889 bits per heavy atom. The van der Waals surface area contributed by atoms with Crippen LogP contribution in [0.1, 0.15) is 27.3 Å². The molecule has 2 heterocycles. The molecular weight excluding hydrogens is 460 g/mol. The van der Waals surface area contributed by atoms with Crippen LogP contribution in [0.3, 0.4) is 0 Å². The van der Waals surface area contributed by atoms with Crippen molar-refractivity contribution in [3.63, 3.8) is 0 Å². The molecule has 0 bridgehead atoms. The molecule has 0 N–H and O–H groups in total. The Kier molecular flexibility index (Phi) is 8.35. The zero-order valence-corrected chi connectivity index (χ0v) is 21.0. The fourth-order valence-corrected chi connectivity index (χ4v) is 4.27. The van der Waals surface area contributed by atoms with Crippen LogP contribution >= 0.6 is 0 Å². The third-order valence-electron chi connectivity index (χ3n) is 6.27. The van der Waals surface area contributed by atoms with Gasteiger partial charge >= 0.3 is 11.9 Å². The maximum atomic E-state index is 12.9. The number of hydrogen-bond acceptors (Lipinski definition) is 8. The molecule has 36 heavy (non-hydrogen) atoms. The van der Waals surface area contributed by atoms with Crippen molar-refractivity contribution >= 4 is 11.9 Å². The van der Waals surface area contributed by atoms with Crippen LogP contribution in [0.2, 0.25) is 0 Å². The number of likely N-dealkylation sites (N-methyl/N-ethyl adjacent to an activating group) is 1. The predicted molar refractivity (Wildman–Crippen MR) is 136 cm³/mol. The molecule has 1 fully saturated rings. The minimum atomic E-state index is -0.691. The number of ether oxygens (including phenoxy) is 3. The van der Waals surface area contributed by atoms with Crippen molar-refractivity contribution in [2.45, 2.75) is 6.42 Å². The highest BCUT2D eigenvalue weighted by molar-refractivity contribution is 6.07. The summed E-state index contributed by atoms with van der Waals surface area (Å²) in [5.41, 5.74) is 1.52. The third kappa shape index (κ3) is 5.58. The van der Waals surface area contributed by atoms with E-state index in [2.05, 4.69) is 21.9 Å². The van der Waals surface area contributed by atoms with E-state index < -0.39 is 11.9 Å². The van der Waals surface area contributed by atoms with E-state index in [0.717, 1.165) is 39.1 Å². The first-order valence-corrected chi connectivity index (χ1v) is 12.0. The van der Waals surface area contributed by atoms with E-state index in [9.17, 15) is 9.59 Å². The molecule has 1 aliphatic heterocycles. The van der Waals surface area contributed by atoms with Crippen LogP contribution in [-0.4, -0.2) is 92.1 Å². The molecule has 0 spiro atoms. The van der Waals surface area contributed by atoms with Crippen molar-refractivity contribution in [1.82, 2.24) is 19.6 Å². The van der Waals surface area contributed by atoms with Crippen LogP contribution in [0.4, 0.5) is 0 Å². The van der Waals surface area contributed by atoms with E-state index in [1.807, 2.05) is 42.5 Å². The Labute approximate surface area is 211 Å². The highest BCUT2D eigenvalue weighted by Crippen LogP contribution is 2.35. The molecular formula is C27H32N4O5. The average Bonchev–Trinajstić information content (AvgIpc) is 3.32. The third-order valence-corrected chi connectivity index (χ3v) is 6.27. The Bertz CT molecular complexity index is 1190. The molecule has 0 amide bonds. The zero-order chi connectivity index (χ0) is 25.5. The number of rotatable bonds is 9. The topological polar surface area (TPSA) is 86.1 Å². The molecule has 190 valence electrons. The lowest BCUT2D eigenvalue weighted by Crippen LogP contribution is -2.44. The number of hydrogen-bond donors (Lipinski definition) is 0. The highest BCUT2D eigenvalue weighted by Gasteiger charge is 2.32. The lowest BCUT2D eigenvalue weighted by molar-refractivity contribution is 0.0549. The number of carbonyl (C=O) groups excluding carboxylic acids is 2. The number of para-hydroxylation sites is 2. The number of piperazine rings is 1. The number of esters is 2. The van der Waals surface area contributed by atoms with Crippen molar-refractivity contribution in [3.8, 4) is 22.7 Å². The normalized spacial score (nSPS) is 14.4. The summed E-state index contributed by atoms with van der Waals surface area (Å²) < 4.78 is 17.6. The van der Waals surface area contributed by atoms with Gasteiger partial charge in [-0.05, 0) is 37.7 Å². The molecule has 1 aromatic heterocycles. The molecule has 0 radical (unpaired) electrons. The SMILES string of the molecule is COC(=O)c1c(-c2ccccc2OCCCN2CCN(C)CC2)nn(-c2ccccc2)c1C(=O)OC. The van der Waals surface area contributed by atoms with E-state index in [4.69, 9.17) is 14.2 Å². The fraction of sp³-hybridized carbons (Fsp3) is 0.370. The molecule has 9 nitrogen and oxygen atoms in total. The van der Waals surface area contributed by atoms with Gasteiger partial charge in [0.1, 0.15) is 17.0 Å². The molecule has 9 heteroatoms. The van der Waals surface area contributed by atoms with Gasteiger partial charge in [0.05, 0.1) is 26.5 Å². The van der Waals surface area contributed by atoms with Crippen molar-refractivity contribution in [2.24, 2.45) is 0 Å². The number of methoxy groups -OCH3 is 2. The summed E-state index contributed by atoms with van der Waals surface area (Å²) >= 11 is 0. The van der Waals surface area contributed by atoms with Gasteiger partial charge in [-0.15, -0.1) is 0 Å². The van der Waals surface area contributed by atoms with Gasteiger partial charge in [-0.3, -0.25) is 0 Å². The van der Waals surface area contributed by atoms with Crippen LogP contribution in [0.15, 0.2) is 54.6 Å². The van der Waals surface area contributed by atoms with Crippen molar-refractivity contribution in [1.29, 1.82) is 0 Å². The van der Waals surface area contributed by atoms with E-state index >= 15 is 0 Å². The maximum absolute atomic E-state index is 12.9. The molecule has 2 aromatic carbocycles. The Hall–Kier alpha value is -3.69. The first kappa shape index (κ1) is 25.4. The second-order valence-electron chi connectivity index (χ2n) is 8.65. The first-order chi connectivity index (χ1) is 17.5. The molecule has 0 unspecified atom stereocenters. The lowest BCUT2D eigenvalue weighted by Gasteiger charge is -2.32. The van der Waals surface area contributed by atoms with Crippen molar-refractivity contribution < 1.29 is 23.8 Å². The predicted octanol–water partition coefficient (Wildman–Crippen LogP) is 3.13. The molecule has 0 aliphatic carbocycles. The largest absolute Gasteiger partial charge is 0.493 e. The second kappa shape index (κ2) is 11.8. The van der Waals surface area contributed by atoms with Gasteiger partial charge in [0.2, 0.25) is 0 Å². The summed E-state index contributed by atoms with van der Waals surface area (Å²) in [5.74, 6) is -0.795. The van der Waals surface area contributed by atoms with Crippen LogP contribution in [0, 0.1) is 0 Å². The number of benzene rings is 2. The molecule has 1 aliphatic rings. The monoisotopic (exact) mass is 492 g/mol. The number of carbonyl (C=O) groups is 2. The van der Waals surface area contributed by atoms with Gasteiger partial charge in [-0.2, -0.15) is 5.10 Å². The first-order valence-electron chi connectivity index (χ1n) is 12.0. The van der Waals surface area contributed by atoms with E-state index in [0.29, 0.717) is 29.3 Å². The van der Waals surface area contributed by atoms with Gasteiger partial charge in [-0.25, -0.2) is 14.3 Å². The smallest absolute Gasteiger partial charge is 0.357 e. The summed E-state index contributed by atoms with van der Waals surface area (Å²) in [6.07, 6.45) is 0.869. The minimum Gasteiger partial charge on any atom is -0.493 e. The summed E-state index contributed by atoms with van der Waals surface area (Å²) in [4.78, 5) is 30.5. The van der Waals surface area contributed by atoms with Gasteiger partial charge in [-0.1, -0.05) is 30.3 Å². The van der Waals surface area contributed by atoms with E-state index in [1.165, 1.54) is 18.9 Å². The average molecular weight is 493 g/mol. The molecule has 1 saturated heterocycles. The summed E-state index contributed by atoms with van der Waals surface area (Å²) in [7, 11) is 4.68. The summed E-state index contributed by atoms with van der Waals surface area (Å²) in [6.45, 7) is 5.74. The van der Waals surface area contributed by atoms with Gasteiger partial charge in [0.25, 0.3) is 0 Å². The molecule has 3 aromatic rings. The second-order valence-corrected chi connectivity index (χ2v) is 8.65. The Balaban J connectivity index is 1.65. The van der Waals surface area contributed by atoms with Crippen molar-refractivity contribution in [2.75, 3.05) is 60.6 Å². The van der Waals surface area contributed by atoms with Crippen LogP contribution in [0.5, 0.6) is 5.75 Å². The maximum Gasteiger partial charge on any atom is 0.357 e. The quantitative estimate of drug-likeness (QED) is 0.333. The Morgan fingerprint density at radius 2 is 1.56 bits per heavy atom. The minimum absolute atomic E-state index is 0.00424.